The maximum Gasteiger partial charge on any atom is 0.271 e. The summed E-state index contributed by atoms with van der Waals surface area (Å²) in [5, 5.41) is 14.6. The Balaban J connectivity index is 1.22. The highest BCUT2D eigenvalue weighted by Gasteiger charge is 2.17. The second-order valence-electron chi connectivity index (χ2n) is 8.28. The smallest absolute Gasteiger partial charge is 0.271 e. The molecule has 1 amide bonds. The van der Waals surface area contributed by atoms with E-state index in [0.29, 0.717) is 11.1 Å². The van der Waals surface area contributed by atoms with E-state index in [4.69, 9.17) is 0 Å². The standard InChI is InChI=1S/C26H27N5O3/c32-26(28-27-18-21-8-12-25(13-9-21)31(33)34)24-10-6-23(7-11-24)20-30-16-14-29(15-17-30)19-22-4-2-1-3-5-22/h1-13,18H,14-17,19-20H2,(H,28,32)/b27-18-. The van der Waals surface area contributed by atoms with Gasteiger partial charge in [0.1, 0.15) is 0 Å². The van der Waals surface area contributed by atoms with Crippen molar-refractivity contribution in [3.8, 4) is 0 Å². The van der Waals surface area contributed by atoms with E-state index in [1.165, 1.54) is 29.5 Å². The predicted molar refractivity (Wildman–Crippen MR) is 132 cm³/mol. The maximum atomic E-state index is 12.3. The summed E-state index contributed by atoms with van der Waals surface area (Å²) >= 11 is 0. The van der Waals surface area contributed by atoms with Crippen molar-refractivity contribution in [3.63, 3.8) is 0 Å². The van der Waals surface area contributed by atoms with Crippen LogP contribution in [0.4, 0.5) is 5.69 Å². The Bertz CT molecular complexity index is 1120. The second kappa shape index (κ2) is 11.3. The molecule has 1 N–H and O–H groups in total. The van der Waals surface area contributed by atoms with Gasteiger partial charge in [0.2, 0.25) is 0 Å². The highest BCUT2D eigenvalue weighted by atomic mass is 16.6. The van der Waals surface area contributed by atoms with Gasteiger partial charge in [-0.3, -0.25) is 24.7 Å². The molecule has 1 aliphatic heterocycles. The molecule has 1 heterocycles. The average molecular weight is 458 g/mol. The molecule has 0 aliphatic carbocycles. The average Bonchev–Trinajstić information content (AvgIpc) is 2.86. The van der Waals surface area contributed by atoms with Crippen molar-refractivity contribution in [2.75, 3.05) is 26.2 Å². The summed E-state index contributed by atoms with van der Waals surface area (Å²) in [5.41, 5.74) is 6.20. The third kappa shape index (κ3) is 6.57. The molecule has 3 aromatic rings. The second-order valence-corrected chi connectivity index (χ2v) is 8.28. The van der Waals surface area contributed by atoms with Crippen molar-refractivity contribution in [3.05, 3.63) is 111 Å². The number of carbonyl (C=O) groups is 1. The minimum absolute atomic E-state index is 0.00957. The number of nitro benzene ring substituents is 1. The Hall–Kier alpha value is -3.88. The minimum atomic E-state index is -0.460. The summed E-state index contributed by atoms with van der Waals surface area (Å²) in [4.78, 5) is 27.5. The number of hydrogen-bond donors (Lipinski definition) is 1. The topological polar surface area (TPSA) is 91.1 Å². The van der Waals surface area contributed by atoms with E-state index in [2.05, 4.69) is 44.6 Å². The Labute approximate surface area is 198 Å². The summed E-state index contributed by atoms with van der Waals surface area (Å²) in [6.07, 6.45) is 1.45. The number of nitrogens with one attached hydrogen (secondary N) is 1. The molecule has 0 unspecified atom stereocenters. The van der Waals surface area contributed by atoms with Gasteiger partial charge in [-0.2, -0.15) is 5.10 Å². The van der Waals surface area contributed by atoms with Gasteiger partial charge in [0.25, 0.3) is 11.6 Å². The Morgan fingerprint density at radius 3 is 1.97 bits per heavy atom. The SMILES string of the molecule is O=C(N/N=C\c1ccc([N+](=O)[O-])cc1)c1ccc(CN2CCN(Cc3ccccc3)CC2)cc1. The molecule has 0 spiro atoms. The molecule has 4 rings (SSSR count). The monoisotopic (exact) mass is 457 g/mol. The van der Waals surface area contributed by atoms with Crippen LogP contribution in [0.3, 0.4) is 0 Å². The zero-order valence-electron chi connectivity index (χ0n) is 18.8. The molecule has 0 bridgehead atoms. The molecular formula is C26H27N5O3. The molecule has 8 nitrogen and oxygen atoms in total. The number of benzene rings is 3. The molecule has 0 aromatic heterocycles. The minimum Gasteiger partial charge on any atom is -0.297 e. The lowest BCUT2D eigenvalue weighted by Gasteiger charge is -2.34. The quantitative estimate of drug-likeness (QED) is 0.317. The van der Waals surface area contributed by atoms with Crippen LogP contribution in [0.2, 0.25) is 0 Å². The number of nitro groups is 1. The molecule has 0 radical (unpaired) electrons. The maximum absolute atomic E-state index is 12.3. The van der Waals surface area contributed by atoms with Gasteiger partial charge < -0.3 is 0 Å². The van der Waals surface area contributed by atoms with Crippen molar-refractivity contribution in [2.45, 2.75) is 13.1 Å². The summed E-state index contributed by atoms with van der Waals surface area (Å²) in [5.74, 6) is -0.306. The lowest BCUT2D eigenvalue weighted by molar-refractivity contribution is -0.384. The number of amides is 1. The highest BCUT2D eigenvalue weighted by Crippen LogP contribution is 2.13. The molecule has 3 aromatic carbocycles. The van der Waals surface area contributed by atoms with Crippen molar-refractivity contribution < 1.29 is 9.72 Å². The Morgan fingerprint density at radius 1 is 0.853 bits per heavy atom. The van der Waals surface area contributed by atoms with Crippen molar-refractivity contribution >= 4 is 17.8 Å². The third-order valence-corrected chi connectivity index (χ3v) is 5.82. The number of rotatable bonds is 8. The molecule has 174 valence electrons. The lowest BCUT2D eigenvalue weighted by Crippen LogP contribution is -2.45. The van der Waals surface area contributed by atoms with E-state index in [1.807, 2.05) is 18.2 Å². The van der Waals surface area contributed by atoms with Crippen LogP contribution in [0.1, 0.15) is 27.0 Å². The van der Waals surface area contributed by atoms with E-state index >= 15 is 0 Å². The van der Waals surface area contributed by atoms with Gasteiger partial charge in [-0.05, 0) is 41.0 Å². The largest absolute Gasteiger partial charge is 0.297 e. The van der Waals surface area contributed by atoms with Crippen LogP contribution < -0.4 is 5.43 Å². The van der Waals surface area contributed by atoms with E-state index in [1.54, 1.807) is 24.3 Å². The van der Waals surface area contributed by atoms with E-state index < -0.39 is 4.92 Å². The Kier molecular flexibility index (Phi) is 7.75. The molecule has 0 atom stereocenters. The Morgan fingerprint density at radius 2 is 1.41 bits per heavy atom. The number of hydrogen-bond acceptors (Lipinski definition) is 6. The normalized spacial score (nSPS) is 14.8. The first-order valence-corrected chi connectivity index (χ1v) is 11.2. The van der Waals surface area contributed by atoms with E-state index in [0.717, 1.165) is 39.3 Å². The molecule has 1 aliphatic rings. The highest BCUT2D eigenvalue weighted by molar-refractivity contribution is 5.94. The first-order chi connectivity index (χ1) is 16.6. The molecule has 0 saturated carbocycles. The van der Waals surface area contributed by atoms with Gasteiger partial charge in [0.05, 0.1) is 11.1 Å². The number of carbonyl (C=O) groups excluding carboxylic acids is 1. The van der Waals surface area contributed by atoms with Crippen LogP contribution in [-0.2, 0) is 13.1 Å². The molecule has 8 heteroatoms. The number of nitrogens with zero attached hydrogens (tertiary/aromatic N) is 4. The summed E-state index contributed by atoms with van der Waals surface area (Å²) in [6.45, 7) is 5.98. The van der Waals surface area contributed by atoms with Gasteiger partial charge >= 0.3 is 0 Å². The molecule has 1 saturated heterocycles. The molecular weight excluding hydrogens is 430 g/mol. The van der Waals surface area contributed by atoms with Crippen molar-refractivity contribution in [2.24, 2.45) is 5.10 Å². The zero-order chi connectivity index (χ0) is 23.8. The van der Waals surface area contributed by atoms with Gasteiger partial charge in [-0.1, -0.05) is 42.5 Å². The third-order valence-electron chi connectivity index (χ3n) is 5.82. The van der Waals surface area contributed by atoms with Gasteiger partial charge in [-0.15, -0.1) is 0 Å². The molecule has 1 fully saturated rings. The van der Waals surface area contributed by atoms with Crippen molar-refractivity contribution in [1.82, 2.24) is 15.2 Å². The van der Waals surface area contributed by atoms with Crippen LogP contribution in [0, 0.1) is 10.1 Å². The van der Waals surface area contributed by atoms with Crippen LogP contribution in [-0.4, -0.2) is 53.0 Å². The van der Waals surface area contributed by atoms with E-state index in [-0.39, 0.29) is 11.6 Å². The van der Waals surface area contributed by atoms with Crippen LogP contribution in [0.15, 0.2) is 84.0 Å². The number of hydrazone groups is 1. The van der Waals surface area contributed by atoms with Gasteiger partial charge in [0.15, 0.2) is 0 Å². The van der Waals surface area contributed by atoms with E-state index in [9.17, 15) is 14.9 Å². The van der Waals surface area contributed by atoms with Gasteiger partial charge in [0, 0.05) is 57.0 Å². The first kappa shape index (κ1) is 23.3. The fourth-order valence-corrected chi connectivity index (χ4v) is 3.88. The first-order valence-electron chi connectivity index (χ1n) is 11.2. The fourth-order valence-electron chi connectivity index (χ4n) is 3.88. The summed E-state index contributed by atoms with van der Waals surface area (Å²) in [6, 6.07) is 24.1. The number of piperazine rings is 1. The predicted octanol–water partition coefficient (Wildman–Crippen LogP) is 3.68. The zero-order valence-corrected chi connectivity index (χ0v) is 18.8. The summed E-state index contributed by atoms with van der Waals surface area (Å²) in [7, 11) is 0. The van der Waals surface area contributed by atoms with Crippen molar-refractivity contribution in [1.29, 1.82) is 0 Å². The number of non-ortho nitro benzene ring substituents is 1. The lowest BCUT2D eigenvalue weighted by atomic mass is 10.1. The van der Waals surface area contributed by atoms with Crippen LogP contribution >= 0.6 is 0 Å². The molecule has 34 heavy (non-hydrogen) atoms. The summed E-state index contributed by atoms with van der Waals surface area (Å²) < 4.78 is 0. The van der Waals surface area contributed by atoms with Crippen LogP contribution in [0.5, 0.6) is 0 Å². The fraction of sp³-hybridized carbons (Fsp3) is 0.231. The van der Waals surface area contributed by atoms with Crippen LogP contribution in [0.25, 0.3) is 0 Å². The van der Waals surface area contributed by atoms with Gasteiger partial charge in [-0.25, -0.2) is 5.43 Å².